The van der Waals surface area contributed by atoms with Crippen LogP contribution < -0.4 is 5.32 Å². The molecular weight excluding hydrogens is 342 g/mol. The van der Waals surface area contributed by atoms with Crippen LogP contribution in [0.4, 0.5) is 5.69 Å². The van der Waals surface area contributed by atoms with E-state index in [0.717, 1.165) is 18.7 Å². The van der Waals surface area contributed by atoms with Crippen molar-refractivity contribution in [2.45, 2.75) is 26.4 Å². The Morgan fingerprint density at radius 3 is 2.52 bits per heavy atom. The Morgan fingerprint density at radius 2 is 1.93 bits per heavy atom. The molecule has 1 aliphatic heterocycles. The van der Waals surface area contributed by atoms with Gasteiger partial charge in [0.05, 0.1) is 17.9 Å². The lowest BCUT2D eigenvalue weighted by molar-refractivity contribution is -0.142. The molecule has 1 saturated heterocycles. The standard InChI is InChI=1S/C20H27N5O2/c1-14(2)18-20(27)23(3)9-10-25(18)12-15-5-7-16(8-6-15)19(26)22-17-11-21-24(4)13-17/h5-8,11,13-14,18H,9-10,12H2,1-4H3,(H,22,26)/t18-/m1/s1. The van der Waals surface area contributed by atoms with E-state index >= 15 is 0 Å². The molecule has 2 amide bonds. The molecule has 2 aromatic rings. The van der Waals surface area contributed by atoms with Crippen molar-refractivity contribution < 1.29 is 9.59 Å². The van der Waals surface area contributed by atoms with E-state index in [2.05, 4.69) is 29.2 Å². The average Bonchev–Trinajstić information content (AvgIpc) is 3.03. The second kappa shape index (κ2) is 7.92. The molecule has 27 heavy (non-hydrogen) atoms. The lowest BCUT2D eigenvalue weighted by Gasteiger charge is -2.41. The van der Waals surface area contributed by atoms with Crippen LogP contribution in [0.5, 0.6) is 0 Å². The van der Waals surface area contributed by atoms with Crippen molar-refractivity contribution in [1.82, 2.24) is 19.6 Å². The monoisotopic (exact) mass is 369 g/mol. The highest BCUT2D eigenvalue weighted by atomic mass is 16.2. The zero-order valence-electron chi connectivity index (χ0n) is 16.3. The van der Waals surface area contributed by atoms with Gasteiger partial charge in [0.15, 0.2) is 0 Å². The van der Waals surface area contributed by atoms with Crippen molar-refractivity contribution in [3.8, 4) is 0 Å². The quantitative estimate of drug-likeness (QED) is 0.875. The average molecular weight is 369 g/mol. The summed E-state index contributed by atoms with van der Waals surface area (Å²) in [5.74, 6) is 0.276. The zero-order valence-corrected chi connectivity index (χ0v) is 16.3. The molecular formula is C20H27N5O2. The van der Waals surface area contributed by atoms with Crippen molar-refractivity contribution >= 4 is 17.5 Å². The van der Waals surface area contributed by atoms with Crippen LogP contribution in [0.25, 0.3) is 0 Å². The number of anilines is 1. The number of aromatic nitrogens is 2. The van der Waals surface area contributed by atoms with Gasteiger partial charge >= 0.3 is 0 Å². The largest absolute Gasteiger partial charge is 0.343 e. The van der Waals surface area contributed by atoms with Crippen LogP contribution >= 0.6 is 0 Å². The summed E-state index contributed by atoms with van der Waals surface area (Å²) in [5.41, 5.74) is 2.36. The first kappa shape index (κ1) is 19.1. The third-order valence-electron chi connectivity index (χ3n) is 4.94. The Kier molecular flexibility index (Phi) is 5.60. The number of likely N-dealkylation sites (N-methyl/N-ethyl adjacent to an activating group) is 1. The number of hydrogen-bond acceptors (Lipinski definition) is 4. The predicted octanol–water partition coefficient (Wildman–Crippen LogP) is 1.97. The van der Waals surface area contributed by atoms with Gasteiger partial charge in [-0.2, -0.15) is 5.10 Å². The minimum atomic E-state index is -0.163. The molecule has 0 spiro atoms. The highest BCUT2D eigenvalue weighted by molar-refractivity contribution is 6.04. The maximum absolute atomic E-state index is 12.5. The fourth-order valence-corrected chi connectivity index (χ4v) is 3.48. The highest BCUT2D eigenvalue weighted by Crippen LogP contribution is 2.21. The van der Waals surface area contributed by atoms with Crippen molar-refractivity contribution in [3.05, 3.63) is 47.8 Å². The molecule has 1 atom stereocenters. The predicted molar refractivity (Wildman–Crippen MR) is 104 cm³/mol. The fourth-order valence-electron chi connectivity index (χ4n) is 3.48. The number of carbonyl (C=O) groups excluding carboxylic acids is 2. The third-order valence-corrected chi connectivity index (χ3v) is 4.94. The Balaban J connectivity index is 1.66. The Morgan fingerprint density at radius 1 is 1.22 bits per heavy atom. The summed E-state index contributed by atoms with van der Waals surface area (Å²) in [6.45, 7) is 6.47. The molecule has 7 nitrogen and oxygen atoms in total. The molecule has 1 fully saturated rings. The summed E-state index contributed by atoms with van der Waals surface area (Å²) in [6.07, 6.45) is 3.37. The molecule has 0 aliphatic carbocycles. The molecule has 1 aliphatic rings. The van der Waals surface area contributed by atoms with Gasteiger partial charge in [0.1, 0.15) is 0 Å². The zero-order chi connectivity index (χ0) is 19.6. The maximum Gasteiger partial charge on any atom is 0.255 e. The van der Waals surface area contributed by atoms with E-state index in [4.69, 9.17) is 0 Å². The van der Waals surface area contributed by atoms with Crippen LogP contribution in [0.15, 0.2) is 36.7 Å². The van der Waals surface area contributed by atoms with Gasteiger partial charge in [-0.05, 0) is 23.6 Å². The minimum Gasteiger partial charge on any atom is -0.343 e. The fraction of sp³-hybridized carbons (Fsp3) is 0.450. The molecule has 144 valence electrons. The van der Waals surface area contributed by atoms with Crippen molar-refractivity contribution in [1.29, 1.82) is 0 Å². The van der Waals surface area contributed by atoms with E-state index in [1.807, 2.05) is 36.2 Å². The Labute approximate surface area is 159 Å². The number of hydrogen-bond donors (Lipinski definition) is 1. The summed E-state index contributed by atoms with van der Waals surface area (Å²) >= 11 is 0. The SMILES string of the molecule is CC(C)[C@@H]1C(=O)N(C)CCN1Cc1ccc(C(=O)Nc2cnn(C)c2)cc1. The van der Waals surface area contributed by atoms with Gasteiger partial charge in [-0.1, -0.05) is 26.0 Å². The van der Waals surface area contributed by atoms with Crippen molar-refractivity contribution in [2.75, 3.05) is 25.5 Å². The van der Waals surface area contributed by atoms with Crippen LogP contribution in [0, 0.1) is 5.92 Å². The second-order valence-electron chi connectivity index (χ2n) is 7.47. The number of piperazine rings is 1. The number of rotatable bonds is 5. The van der Waals surface area contributed by atoms with Gasteiger partial charge < -0.3 is 10.2 Å². The topological polar surface area (TPSA) is 70.5 Å². The van der Waals surface area contributed by atoms with Crippen LogP contribution in [-0.2, 0) is 18.4 Å². The van der Waals surface area contributed by atoms with Crippen LogP contribution in [0.1, 0.15) is 29.8 Å². The number of benzene rings is 1. The molecule has 0 unspecified atom stereocenters. The van der Waals surface area contributed by atoms with E-state index in [9.17, 15) is 9.59 Å². The number of nitrogens with one attached hydrogen (secondary N) is 1. The van der Waals surface area contributed by atoms with E-state index in [1.54, 1.807) is 24.1 Å². The van der Waals surface area contributed by atoms with E-state index < -0.39 is 0 Å². The number of carbonyl (C=O) groups is 2. The minimum absolute atomic E-state index is 0.0997. The number of amides is 2. The molecule has 1 aromatic carbocycles. The number of aryl methyl sites for hydroxylation is 1. The lowest BCUT2D eigenvalue weighted by Crippen LogP contribution is -2.57. The first-order valence-corrected chi connectivity index (χ1v) is 9.23. The summed E-state index contributed by atoms with van der Waals surface area (Å²) < 4.78 is 1.64. The molecule has 2 heterocycles. The smallest absolute Gasteiger partial charge is 0.255 e. The van der Waals surface area contributed by atoms with Gasteiger partial charge in [0, 0.05) is 45.5 Å². The summed E-state index contributed by atoms with van der Waals surface area (Å²) in [7, 11) is 3.67. The third kappa shape index (κ3) is 4.36. The van der Waals surface area contributed by atoms with Gasteiger partial charge in [-0.3, -0.25) is 19.2 Å². The molecule has 0 saturated carbocycles. The second-order valence-corrected chi connectivity index (χ2v) is 7.47. The molecule has 7 heteroatoms. The summed E-state index contributed by atoms with van der Waals surface area (Å²) in [4.78, 5) is 28.9. The molecule has 1 N–H and O–H groups in total. The normalized spacial score (nSPS) is 18.2. The van der Waals surface area contributed by atoms with E-state index in [0.29, 0.717) is 17.8 Å². The lowest BCUT2D eigenvalue weighted by atomic mass is 9.98. The van der Waals surface area contributed by atoms with Crippen molar-refractivity contribution in [2.24, 2.45) is 13.0 Å². The number of nitrogens with zero attached hydrogens (tertiary/aromatic N) is 4. The van der Waals surface area contributed by atoms with Crippen molar-refractivity contribution in [3.63, 3.8) is 0 Å². The van der Waals surface area contributed by atoms with Crippen LogP contribution in [-0.4, -0.2) is 57.6 Å². The summed E-state index contributed by atoms with van der Waals surface area (Å²) in [5, 5.41) is 6.87. The molecule has 3 rings (SSSR count). The molecule has 0 radical (unpaired) electrons. The Hall–Kier alpha value is -2.67. The highest BCUT2D eigenvalue weighted by Gasteiger charge is 2.34. The van der Waals surface area contributed by atoms with Crippen LogP contribution in [0.2, 0.25) is 0 Å². The summed E-state index contributed by atoms with van der Waals surface area (Å²) in [6, 6.07) is 7.46. The van der Waals surface area contributed by atoms with Gasteiger partial charge in [0.2, 0.25) is 5.91 Å². The van der Waals surface area contributed by atoms with Gasteiger partial charge in [-0.15, -0.1) is 0 Å². The van der Waals surface area contributed by atoms with Gasteiger partial charge in [0.25, 0.3) is 5.91 Å². The van der Waals surface area contributed by atoms with Crippen LogP contribution in [0.3, 0.4) is 0 Å². The molecule has 1 aromatic heterocycles. The van der Waals surface area contributed by atoms with E-state index in [-0.39, 0.29) is 23.8 Å². The Bertz CT molecular complexity index is 812. The first-order chi connectivity index (χ1) is 12.8. The molecule has 0 bridgehead atoms. The first-order valence-electron chi connectivity index (χ1n) is 9.23. The van der Waals surface area contributed by atoms with Gasteiger partial charge in [-0.25, -0.2) is 0 Å². The maximum atomic E-state index is 12.5. The van der Waals surface area contributed by atoms with E-state index in [1.165, 1.54) is 0 Å².